The van der Waals surface area contributed by atoms with Gasteiger partial charge < -0.3 is 8.92 Å². The van der Waals surface area contributed by atoms with Gasteiger partial charge in [0.05, 0.1) is 7.11 Å². The van der Waals surface area contributed by atoms with Crippen LogP contribution in [0.3, 0.4) is 0 Å². The molecule has 2 rings (SSSR count). The van der Waals surface area contributed by atoms with Crippen molar-refractivity contribution < 1.29 is 17.3 Å². The summed E-state index contributed by atoms with van der Waals surface area (Å²) in [5.41, 5.74) is 1.80. The molecule has 132 valence electrons. The number of aryl methyl sites for hydroxylation is 2. The zero-order chi connectivity index (χ0) is 19.3. The Bertz CT molecular complexity index is 1040. The SMILES string of the molecule is COc1cc(C=C(C#N)C#N)ccc1OS(=O)(=O)c1cc(C)ccc1C. The Balaban J connectivity index is 2.44. The van der Waals surface area contributed by atoms with E-state index in [0.29, 0.717) is 11.1 Å². The minimum Gasteiger partial charge on any atom is -0.493 e. The van der Waals surface area contributed by atoms with Crippen LogP contribution in [0.5, 0.6) is 11.5 Å². The fraction of sp³-hybridized carbons (Fsp3) is 0.158. The predicted octanol–water partition coefficient (Wildman–Crippen LogP) is 3.51. The molecule has 2 aromatic rings. The van der Waals surface area contributed by atoms with E-state index in [1.165, 1.54) is 31.4 Å². The first-order valence-electron chi connectivity index (χ1n) is 7.52. The largest absolute Gasteiger partial charge is 0.493 e. The summed E-state index contributed by atoms with van der Waals surface area (Å²) in [7, 11) is -2.67. The molecule has 0 spiro atoms. The number of benzene rings is 2. The van der Waals surface area contributed by atoms with E-state index in [1.807, 2.05) is 6.07 Å². The summed E-state index contributed by atoms with van der Waals surface area (Å²) < 4.78 is 35.7. The van der Waals surface area contributed by atoms with Crippen molar-refractivity contribution in [3.63, 3.8) is 0 Å². The molecule has 6 nitrogen and oxygen atoms in total. The lowest BCUT2D eigenvalue weighted by molar-refractivity contribution is 0.390. The van der Waals surface area contributed by atoms with Crippen molar-refractivity contribution in [3.8, 4) is 23.6 Å². The Kier molecular flexibility index (Phi) is 5.66. The van der Waals surface area contributed by atoms with Gasteiger partial charge in [-0.15, -0.1) is 0 Å². The van der Waals surface area contributed by atoms with Crippen LogP contribution >= 0.6 is 0 Å². The number of rotatable bonds is 5. The van der Waals surface area contributed by atoms with Crippen molar-refractivity contribution >= 4 is 16.2 Å². The molecule has 0 saturated heterocycles. The predicted molar refractivity (Wildman–Crippen MR) is 95.9 cm³/mol. The molecule has 0 aliphatic heterocycles. The van der Waals surface area contributed by atoms with Crippen LogP contribution in [0.2, 0.25) is 0 Å². The van der Waals surface area contributed by atoms with Crippen LogP contribution < -0.4 is 8.92 Å². The maximum absolute atomic E-state index is 12.6. The summed E-state index contributed by atoms with van der Waals surface area (Å²) in [6, 6.07) is 13.0. The number of allylic oxidation sites excluding steroid dienone is 1. The maximum atomic E-state index is 12.6. The molecular weight excluding hydrogens is 352 g/mol. The highest BCUT2D eigenvalue weighted by Gasteiger charge is 2.21. The lowest BCUT2D eigenvalue weighted by Gasteiger charge is -2.13. The van der Waals surface area contributed by atoms with Gasteiger partial charge in [-0.25, -0.2) is 0 Å². The van der Waals surface area contributed by atoms with Crippen LogP contribution in [0.25, 0.3) is 6.08 Å². The molecule has 0 aliphatic carbocycles. The first-order chi connectivity index (χ1) is 12.3. The van der Waals surface area contributed by atoms with E-state index in [-0.39, 0.29) is 22.0 Å². The number of hydrogen-bond donors (Lipinski definition) is 0. The number of methoxy groups -OCH3 is 1. The van der Waals surface area contributed by atoms with Gasteiger partial charge in [-0.1, -0.05) is 18.2 Å². The van der Waals surface area contributed by atoms with Crippen LogP contribution in [-0.2, 0) is 10.1 Å². The maximum Gasteiger partial charge on any atom is 0.339 e. The van der Waals surface area contributed by atoms with E-state index >= 15 is 0 Å². The van der Waals surface area contributed by atoms with Gasteiger partial charge in [0.1, 0.15) is 22.6 Å². The van der Waals surface area contributed by atoms with Gasteiger partial charge in [0, 0.05) is 0 Å². The fourth-order valence-corrected chi connectivity index (χ4v) is 3.50. The third kappa shape index (κ3) is 4.21. The summed E-state index contributed by atoms with van der Waals surface area (Å²) in [5.74, 6) is 0.184. The van der Waals surface area contributed by atoms with Gasteiger partial charge in [0.2, 0.25) is 0 Å². The molecule has 0 unspecified atom stereocenters. The molecular formula is C19H16N2O4S. The lowest BCUT2D eigenvalue weighted by atomic mass is 10.1. The molecule has 0 N–H and O–H groups in total. The Labute approximate surface area is 152 Å². The zero-order valence-electron chi connectivity index (χ0n) is 14.5. The third-order valence-electron chi connectivity index (χ3n) is 3.55. The summed E-state index contributed by atoms with van der Waals surface area (Å²) in [6.45, 7) is 3.48. The summed E-state index contributed by atoms with van der Waals surface area (Å²) in [5, 5.41) is 17.6. The van der Waals surface area contributed by atoms with Crippen molar-refractivity contribution in [3.05, 3.63) is 58.7 Å². The molecule has 0 atom stereocenters. The zero-order valence-corrected chi connectivity index (χ0v) is 15.3. The average Bonchev–Trinajstić information content (AvgIpc) is 2.62. The molecule has 0 saturated carbocycles. The highest BCUT2D eigenvalue weighted by atomic mass is 32.2. The van der Waals surface area contributed by atoms with E-state index in [0.717, 1.165) is 5.56 Å². The summed E-state index contributed by atoms with van der Waals surface area (Å²) >= 11 is 0. The van der Waals surface area contributed by atoms with Crippen molar-refractivity contribution in [1.82, 2.24) is 0 Å². The van der Waals surface area contributed by atoms with E-state index in [4.69, 9.17) is 19.4 Å². The normalized spacial score (nSPS) is 10.3. The van der Waals surface area contributed by atoms with Crippen molar-refractivity contribution in [2.75, 3.05) is 7.11 Å². The standard InChI is InChI=1S/C19H16N2O4S/c1-13-4-5-14(2)19(8-13)26(22,23)25-17-7-6-15(10-18(17)24-3)9-16(11-20)12-21/h4-10H,1-3H3. The molecule has 0 aromatic heterocycles. The minimum atomic E-state index is -4.04. The fourth-order valence-electron chi connectivity index (χ4n) is 2.24. The van der Waals surface area contributed by atoms with E-state index in [2.05, 4.69) is 0 Å². The van der Waals surface area contributed by atoms with Crippen LogP contribution in [0, 0.1) is 36.5 Å². The topological polar surface area (TPSA) is 100 Å². The monoisotopic (exact) mass is 368 g/mol. The van der Waals surface area contributed by atoms with Gasteiger partial charge in [0.25, 0.3) is 0 Å². The molecule has 0 aliphatic rings. The number of hydrogen-bond acceptors (Lipinski definition) is 6. The number of nitriles is 2. The molecule has 0 fully saturated rings. The minimum absolute atomic E-state index is 0.0148. The third-order valence-corrected chi connectivity index (χ3v) is 4.93. The Morgan fingerprint density at radius 2 is 1.73 bits per heavy atom. The van der Waals surface area contributed by atoms with Crippen molar-refractivity contribution in [1.29, 1.82) is 10.5 Å². The first kappa shape index (κ1) is 19.0. The van der Waals surface area contributed by atoms with Crippen LogP contribution in [0.1, 0.15) is 16.7 Å². The molecule has 2 aromatic carbocycles. The highest BCUT2D eigenvalue weighted by molar-refractivity contribution is 7.87. The Hall–Kier alpha value is -3.29. The second-order valence-corrected chi connectivity index (χ2v) is 7.01. The Morgan fingerprint density at radius 1 is 1.04 bits per heavy atom. The van der Waals surface area contributed by atoms with E-state index < -0.39 is 10.1 Å². The highest BCUT2D eigenvalue weighted by Crippen LogP contribution is 2.32. The van der Waals surface area contributed by atoms with Gasteiger partial charge in [-0.2, -0.15) is 18.9 Å². The summed E-state index contributed by atoms with van der Waals surface area (Å²) in [6.07, 6.45) is 1.37. The molecule has 0 amide bonds. The second kappa shape index (κ2) is 7.73. The second-order valence-electron chi connectivity index (χ2n) is 5.50. The number of nitrogens with zero attached hydrogens (tertiary/aromatic N) is 2. The van der Waals surface area contributed by atoms with E-state index in [1.54, 1.807) is 38.1 Å². The smallest absolute Gasteiger partial charge is 0.339 e. The van der Waals surface area contributed by atoms with Crippen molar-refractivity contribution in [2.24, 2.45) is 0 Å². The summed E-state index contributed by atoms with van der Waals surface area (Å²) in [4.78, 5) is 0.0831. The van der Waals surface area contributed by atoms with Gasteiger partial charge in [0.15, 0.2) is 11.5 Å². The van der Waals surface area contributed by atoms with Crippen LogP contribution in [0.4, 0.5) is 0 Å². The molecule has 26 heavy (non-hydrogen) atoms. The average molecular weight is 368 g/mol. The molecule has 7 heteroatoms. The molecule has 0 bridgehead atoms. The number of ether oxygens (including phenoxy) is 1. The Morgan fingerprint density at radius 3 is 2.35 bits per heavy atom. The van der Waals surface area contributed by atoms with Gasteiger partial charge in [-0.3, -0.25) is 0 Å². The van der Waals surface area contributed by atoms with Gasteiger partial charge >= 0.3 is 10.1 Å². The van der Waals surface area contributed by atoms with Crippen LogP contribution in [0.15, 0.2) is 46.9 Å². The molecule has 0 heterocycles. The van der Waals surface area contributed by atoms with Crippen molar-refractivity contribution in [2.45, 2.75) is 18.7 Å². The van der Waals surface area contributed by atoms with Crippen LogP contribution in [-0.4, -0.2) is 15.5 Å². The lowest BCUT2D eigenvalue weighted by Crippen LogP contribution is -2.12. The van der Waals surface area contributed by atoms with Gasteiger partial charge in [-0.05, 0) is 54.8 Å². The quantitative estimate of drug-likeness (QED) is 0.591. The molecule has 0 radical (unpaired) electrons. The van der Waals surface area contributed by atoms with E-state index in [9.17, 15) is 8.42 Å². The first-order valence-corrected chi connectivity index (χ1v) is 8.93.